The lowest BCUT2D eigenvalue weighted by Crippen LogP contribution is -2.53. The second-order valence-electron chi connectivity index (χ2n) is 6.39. The summed E-state index contributed by atoms with van der Waals surface area (Å²) in [6, 6.07) is 4.63. The van der Waals surface area contributed by atoms with Crippen molar-refractivity contribution in [1.29, 1.82) is 0 Å². The van der Waals surface area contributed by atoms with Crippen molar-refractivity contribution in [3.63, 3.8) is 0 Å². The summed E-state index contributed by atoms with van der Waals surface area (Å²) in [6.07, 6.45) is 14.9. The van der Waals surface area contributed by atoms with Gasteiger partial charge in [0.05, 0.1) is 0 Å². The SMILES string of the molecule is Cc1ccc(C)c2c1CC[C@@]13C=C[C@]21CC=CC3. The lowest BCUT2D eigenvalue weighted by Gasteiger charge is -2.60. The maximum absolute atomic E-state index is 2.50. The lowest BCUT2D eigenvalue weighted by molar-refractivity contribution is 0.146. The first-order valence-electron chi connectivity index (χ1n) is 7.14. The third kappa shape index (κ3) is 0.993. The molecule has 3 aliphatic carbocycles. The molecular weight excluding hydrogens is 216 g/mol. The van der Waals surface area contributed by atoms with Gasteiger partial charge in [0.25, 0.3) is 0 Å². The average Bonchev–Trinajstić information content (AvgIpc) is 2.36. The molecule has 18 heavy (non-hydrogen) atoms. The van der Waals surface area contributed by atoms with Gasteiger partial charge in [-0.15, -0.1) is 0 Å². The van der Waals surface area contributed by atoms with Crippen molar-refractivity contribution in [3.8, 4) is 0 Å². The standard InChI is InChI=1S/C18H20/c1-13-5-6-14(2)16-15(13)7-10-17-8-3-4-9-18(16,17)12-11-17/h3-6,11-12H,7-10H2,1-2H3/t17-,18+/m0/s1. The van der Waals surface area contributed by atoms with Crippen LogP contribution >= 0.6 is 0 Å². The van der Waals surface area contributed by atoms with Crippen molar-refractivity contribution < 1.29 is 0 Å². The van der Waals surface area contributed by atoms with Crippen molar-refractivity contribution >= 4 is 0 Å². The average molecular weight is 236 g/mol. The van der Waals surface area contributed by atoms with Gasteiger partial charge < -0.3 is 0 Å². The molecule has 0 radical (unpaired) electrons. The van der Waals surface area contributed by atoms with E-state index < -0.39 is 0 Å². The molecule has 1 aromatic rings. The largest absolute Gasteiger partial charge is 0.0876 e. The van der Waals surface area contributed by atoms with Crippen LogP contribution in [0.4, 0.5) is 0 Å². The minimum atomic E-state index is 0.339. The molecule has 0 amide bonds. The topological polar surface area (TPSA) is 0 Å². The van der Waals surface area contributed by atoms with E-state index in [4.69, 9.17) is 0 Å². The fraction of sp³-hybridized carbons (Fsp3) is 0.444. The van der Waals surface area contributed by atoms with Crippen LogP contribution in [0.1, 0.15) is 41.5 Å². The van der Waals surface area contributed by atoms with Crippen LogP contribution in [0.15, 0.2) is 36.4 Å². The number of fused-ring (bicyclic) bond motifs is 1. The Labute approximate surface area is 109 Å². The summed E-state index contributed by atoms with van der Waals surface area (Å²) >= 11 is 0. The maximum Gasteiger partial charge on any atom is 0.0266 e. The van der Waals surface area contributed by atoms with Gasteiger partial charge in [0.15, 0.2) is 0 Å². The van der Waals surface area contributed by atoms with Crippen LogP contribution < -0.4 is 0 Å². The molecule has 2 atom stereocenters. The highest BCUT2D eigenvalue weighted by molar-refractivity contribution is 5.57. The van der Waals surface area contributed by atoms with Crippen LogP contribution in [0, 0.1) is 19.3 Å². The molecule has 0 bridgehead atoms. The Balaban J connectivity index is 2.04. The van der Waals surface area contributed by atoms with Crippen molar-refractivity contribution in [2.45, 2.75) is 44.9 Å². The Morgan fingerprint density at radius 1 is 0.944 bits per heavy atom. The van der Waals surface area contributed by atoms with Crippen LogP contribution in [0.25, 0.3) is 0 Å². The molecule has 0 aromatic heterocycles. The first-order valence-corrected chi connectivity index (χ1v) is 7.14. The highest BCUT2D eigenvalue weighted by Gasteiger charge is 2.57. The van der Waals surface area contributed by atoms with E-state index in [0.29, 0.717) is 10.8 Å². The minimum absolute atomic E-state index is 0.339. The first-order chi connectivity index (χ1) is 8.69. The number of rotatable bonds is 0. The number of hydrogen-bond donors (Lipinski definition) is 0. The van der Waals surface area contributed by atoms with E-state index in [1.165, 1.54) is 36.8 Å². The van der Waals surface area contributed by atoms with Crippen molar-refractivity contribution in [1.82, 2.24) is 0 Å². The Bertz CT molecular complexity index is 590. The van der Waals surface area contributed by atoms with Gasteiger partial charge in [-0.2, -0.15) is 0 Å². The van der Waals surface area contributed by atoms with Gasteiger partial charge in [-0.25, -0.2) is 0 Å². The van der Waals surface area contributed by atoms with E-state index in [2.05, 4.69) is 50.3 Å². The predicted octanol–water partition coefficient (Wildman–Crippen LogP) is 4.39. The smallest absolute Gasteiger partial charge is 0.0266 e. The van der Waals surface area contributed by atoms with Crippen LogP contribution in [-0.4, -0.2) is 0 Å². The molecule has 0 heteroatoms. The molecule has 1 aromatic carbocycles. The number of allylic oxidation sites excluding steroid dienone is 4. The Morgan fingerprint density at radius 3 is 2.50 bits per heavy atom. The Kier molecular flexibility index (Phi) is 1.87. The molecule has 0 spiro atoms. The normalized spacial score (nSPS) is 35.4. The molecular formula is C18H20. The molecule has 3 aliphatic rings. The highest BCUT2D eigenvalue weighted by Crippen LogP contribution is 2.64. The summed E-state index contributed by atoms with van der Waals surface area (Å²) in [5, 5.41) is 0. The zero-order chi connectivity index (χ0) is 12.4. The molecule has 0 unspecified atom stereocenters. The summed E-state index contributed by atoms with van der Waals surface area (Å²) in [6.45, 7) is 4.58. The third-order valence-electron chi connectivity index (χ3n) is 5.69. The van der Waals surface area contributed by atoms with Crippen LogP contribution in [0.5, 0.6) is 0 Å². The molecule has 0 saturated carbocycles. The summed E-state index contributed by atoms with van der Waals surface area (Å²) in [7, 11) is 0. The molecule has 0 saturated heterocycles. The zero-order valence-electron chi connectivity index (χ0n) is 11.3. The van der Waals surface area contributed by atoms with Gasteiger partial charge >= 0.3 is 0 Å². The molecule has 0 N–H and O–H groups in total. The second kappa shape index (κ2) is 3.17. The van der Waals surface area contributed by atoms with Gasteiger partial charge in [0, 0.05) is 10.8 Å². The van der Waals surface area contributed by atoms with E-state index in [9.17, 15) is 0 Å². The van der Waals surface area contributed by atoms with Gasteiger partial charge in [0.1, 0.15) is 0 Å². The van der Waals surface area contributed by atoms with Crippen molar-refractivity contribution in [2.24, 2.45) is 5.41 Å². The first kappa shape index (κ1) is 10.6. The fourth-order valence-corrected chi connectivity index (χ4v) is 4.61. The van der Waals surface area contributed by atoms with E-state index >= 15 is 0 Å². The fourth-order valence-electron chi connectivity index (χ4n) is 4.61. The molecule has 0 aliphatic heterocycles. The van der Waals surface area contributed by atoms with Crippen LogP contribution in [0.2, 0.25) is 0 Å². The van der Waals surface area contributed by atoms with E-state index in [-0.39, 0.29) is 0 Å². The zero-order valence-corrected chi connectivity index (χ0v) is 11.3. The maximum atomic E-state index is 2.50. The van der Waals surface area contributed by atoms with Gasteiger partial charge in [0.2, 0.25) is 0 Å². The summed E-state index contributed by atoms with van der Waals surface area (Å²) < 4.78 is 0. The number of aryl methyl sites for hydroxylation is 2. The van der Waals surface area contributed by atoms with E-state index in [1.807, 2.05) is 0 Å². The Hall–Kier alpha value is -1.30. The van der Waals surface area contributed by atoms with E-state index in [0.717, 1.165) is 0 Å². The summed E-state index contributed by atoms with van der Waals surface area (Å²) in [5.74, 6) is 0. The van der Waals surface area contributed by atoms with E-state index in [1.54, 1.807) is 11.1 Å². The lowest BCUT2D eigenvalue weighted by atomic mass is 9.43. The van der Waals surface area contributed by atoms with Crippen LogP contribution in [0.3, 0.4) is 0 Å². The molecule has 0 nitrogen and oxygen atoms in total. The monoisotopic (exact) mass is 236 g/mol. The Morgan fingerprint density at radius 2 is 1.72 bits per heavy atom. The number of hydrogen-bond acceptors (Lipinski definition) is 0. The molecule has 92 valence electrons. The molecule has 0 fully saturated rings. The van der Waals surface area contributed by atoms with Crippen molar-refractivity contribution in [3.05, 3.63) is 58.7 Å². The quantitative estimate of drug-likeness (QED) is 0.586. The van der Waals surface area contributed by atoms with Crippen LogP contribution in [-0.2, 0) is 11.8 Å². The number of benzene rings is 1. The van der Waals surface area contributed by atoms with Gasteiger partial charge in [-0.3, -0.25) is 0 Å². The minimum Gasteiger partial charge on any atom is -0.0876 e. The third-order valence-corrected chi connectivity index (χ3v) is 5.69. The summed E-state index contributed by atoms with van der Waals surface area (Å²) in [5.41, 5.74) is 7.09. The summed E-state index contributed by atoms with van der Waals surface area (Å²) in [4.78, 5) is 0. The second-order valence-corrected chi connectivity index (χ2v) is 6.39. The highest BCUT2D eigenvalue weighted by atomic mass is 14.6. The predicted molar refractivity (Wildman–Crippen MR) is 75.9 cm³/mol. The molecule has 0 heterocycles. The van der Waals surface area contributed by atoms with Crippen molar-refractivity contribution in [2.75, 3.05) is 0 Å². The molecule has 4 rings (SSSR count). The van der Waals surface area contributed by atoms with Gasteiger partial charge in [-0.05, 0) is 61.8 Å². The van der Waals surface area contributed by atoms with Gasteiger partial charge in [-0.1, -0.05) is 36.4 Å².